The van der Waals surface area contributed by atoms with Crippen LogP contribution in [0.1, 0.15) is 59.8 Å². The number of carbonyl (C=O) groups is 1. The molecule has 4 nitrogen and oxygen atoms in total. The van der Waals surface area contributed by atoms with Gasteiger partial charge in [-0.1, -0.05) is 13.8 Å². The SMILES string of the molecule is CCNC(C)(CC(C)N(C)C1CCC(C)CC1)C(=O)OC. The number of likely N-dealkylation sites (N-methyl/N-ethyl adjacent to an activating group) is 1. The Kier molecular flexibility index (Phi) is 7.14. The first-order chi connectivity index (χ1) is 9.84. The zero-order valence-corrected chi connectivity index (χ0v) is 14.7. The van der Waals surface area contributed by atoms with Crippen molar-refractivity contribution >= 4 is 5.97 Å². The Morgan fingerprint density at radius 1 is 1.38 bits per heavy atom. The lowest BCUT2D eigenvalue weighted by Gasteiger charge is -2.40. The molecule has 1 aliphatic carbocycles. The van der Waals surface area contributed by atoms with Gasteiger partial charge in [0.1, 0.15) is 5.54 Å². The molecule has 0 aromatic carbocycles. The molecule has 0 bridgehead atoms. The maximum atomic E-state index is 12.1. The quantitative estimate of drug-likeness (QED) is 0.734. The van der Waals surface area contributed by atoms with Crippen LogP contribution in [0.4, 0.5) is 0 Å². The first kappa shape index (κ1) is 18.4. The van der Waals surface area contributed by atoms with Crippen LogP contribution in [0.25, 0.3) is 0 Å². The second-order valence-corrected chi connectivity index (χ2v) is 6.99. The van der Waals surface area contributed by atoms with Crippen molar-refractivity contribution in [2.24, 2.45) is 5.92 Å². The van der Waals surface area contributed by atoms with Crippen molar-refractivity contribution in [3.8, 4) is 0 Å². The molecule has 0 heterocycles. The fraction of sp³-hybridized carbons (Fsp3) is 0.941. The summed E-state index contributed by atoms with van der Waals surface area (Å²) in [5.74, 6) is 0.703. The molecule has 0 amide bonds. The van der Waals surface area contributed by atoms with Crippen molar-refractivity contribution < 1.29 is 9.53 Å². The third-order valence-corrected chi connectivity index (χ3v) is 5.16. The van der Waals surface area contributed by atoms with E-state index in [-0.39, 0.29) is 5.97 Å². The van der Waals surface area contributed by atoms with E-state index < -0.39 is 5.54 Å². The maximum Gasteiger partial charge on any atom is 0.325 e. The molecule has 2 unspecified atom stereocenters. The van der Waals surface area contributed by atoms with E-state index >= 15 is 0 Å². The Labute approximate surface area is 130 Å². The monoisotopic (exact) mass is 298 g/mol. The van der Waals surface area contributed by atoms with E-state index in [1.807, 2.05) is 13.8 Å². The van der Waals surface area contributed by atoms with Gasteiger partial charge in [0.2, 0.25) is 0 Å². The van der Waals surface area contributed by atoms with Crippen LogP contribution in [-0.4, -0.2) is 49.2 Å². The number of esters is 1. The molecule has 0 saturated heterocycles. The first-order valence-corrected chi connectivity index (χ1v) is 8.39. The molecule has 1 aliphatic rings. The maximum absolute atomic E-state index is 12.1. The summed E-state index contributed by atoms with van der Waals surface area (Å²) in [6.45, 7) is 9.31. The molecule has 124 valence electrons. The summed E-state index contributed by atoms with van der Waals surface area (Å²) in [4.78, 5) is 14.6. The minimum atomic E-state index is -0.598. The van der Waals surface area contributed by atoms with Crippen LogP contribution in [0.15, 0.2) is 0 Å². The molecule has 21 heavy (non-hydrogen) atoms. The average Bonchev–Trinajstić information content (AvgIpc) is 2.46. The van der Waals surface area contributed by atoms with Gasteiger partial charge in [-0.25, -0.2) is 0 Å². The molecular weight excluding hydrogens is 264 g/mol. The number of hydrogen-bond acceptors (Lipinski definition) is 4. The number of carbonyl (C=O) groups excluding carboxylic acids is 1. The highest BCUT2D eigenvalue weighted by Gasteiger charge is 2.37. The minimum absolute atomic E-state index is 0.165. The van der Waals surface area contributed by atoms with Crippen LogP contribution in [0.5, 0.6) is 0 Å². The third-order valence-electron chi connectivity index (χ3n) is 5.16. The molecule has 0 aromatic heterocycles. The van der Waals surface area contributed by atoms with E-state index in [9.17, 15) is 4.79 Å². The van der Waals surface area contributed by atoms with Crippen molar-refractivity contribution in [2.45, 2.75) is 77.4 Å². The molecule has 1 rings (SSSR count). The molecule has 0 aliphatic heterocycles. The Morgan fingerprint density at radius 2 is 1.95 bits per heavy atom. The molecule has 2 atom stereocenters. The molecule has 0 aromatic rings. The van der Waals surface area contributed by atoms with Crippen LogP contribution in [-0.2, 0) is 9.53 Å². The molecule has 0 spiro atoms. The lowest BCUT2D eigenvalue weighted by Crippen LogP contribution is -2.54. The fourth-order valence-electron chi connectivity index (χ4n) is 3.59. The number of rotatable bonds is 7. The van der Waals surface area contributed by atoms with E-state index in [1.54, 1.807) is 0 Å². The lowest BCUT2D eigenvalue weighted by atomic mass is 9.85. The van der Waals surface area contributed by atoms with E-state index in [1.165, 1.54) is 32.8 Å². The van der Waals surface area contributed by atoms with Crippen LogP contribution in [0.2, 0.25) is 0 Å². The minimum Gasteiger partial charge on any atom is -0.468 e. The average molecular weight is 298 g/mol. The van der Waals surface area contributed by atoms with Crippen molar-refractivity contribution in [1.29, 1.82) is 0 Å². The Morgan fingerprint density at radius 3 is 2.43 bits per heavy atom. The van der Waals surface area contributed by atoms with Gasteiger partial charge in [0.05, 0.1) is 7.11 Å². The van der Waals surface area contributed by atoms with Crippen LogP contribution < -0.4 is 5.32 Å². The second-order valence-electron chi connectivity index (χ2n) is 6.99. The summed E-state index contributed by atoms with van der Waals surface area (Å²) in [5, 5.41) is 3.30. The highest BCUT2D eigenvalue weighted by atomic mass is 16.5. The Bertz CT molecular complexity index is 327. The lowest BCUT2D eigenvalue weighted by molar-refractivity contribution is -0.148. The number of hydrogen-bond donors (Lipinski definition) is 1. The van der Waals surface area contributed by atoms with Gasteiger partial charge in [-0.2, -0.15) is 0 Å². The highest BCUT2D eigenvalue weighted by Crippen LogP contribution is 2.29. The molecule has 1 fully saturated rings. The fourth-order valence-corrected chi connectivity index (χ4v) is 3.59. The number of nitrogens with one attached hydrogen (secondary N) is 1. The van der Waals surface area contributed by atoms with Gasteiger partial charge < -0.3 is 15.0 Å². The van der Waals surface area contributed by atoms with Gasteiger partial charge in [0, 0.05) is 12.1 Å². The van der Waals surface area contributed by atoms with Crippen molar-refractivity contribution in [1.82, 2.24) is 10.2 Å². The molecule has 1 N–H and O–H groups in total. The summed E-state index contributed by atoms with van der Waals surface area (Å²) in [5.41, 5.74) is -0.598. The summed E-state index contributed by atoms with van der Waals surface area (Å²) < 4.78 is 4.99. The summed E-state index contributed by atoms with van der Waals surface area (Å²) in [6.07, 6.45) is 5.97. The number of methoxy groups -OCH3 is 1. The van der Waals surface area contributed by atoms with E-state index in [0.29, 0.717) is 12.1 Å². The van der Waals surface area contributed by atoms with Gasteiger partial charge in [-0.05, 0) is 65.5 Å². The summed E-state index contributed by atoms with van der Waals surface area (Å²) >= 11 is 0. The Balaban J connectivity index is 2.63. The van der Waals surface area contributed by atoms with Crippen LogP contribution in [0.3, 0.4) is 0 Å². The zero-order chi connectivity index (χ0) is 16.0. The van der Waals surface area contributed by atoms with Gasteiger partial charge in [0.15, 0.2) is 0 Å². The van der Waals surface area contributed by atoms with E-state index in [4.69, 9.17) is 4.74 Å². The van der Waals surface area contributed by atoms with Gasteiger partial charge in [-0.15, -0.1) is 0 Å². The number of nitrogens with zero attached hydrogens (tertiary/aromatic N) is 1. The summed E-state index contributed by atoms with van der Waals surface area (Å²) in [6, 6.07) is 1.01. The second kappa shape index (κ2) is 8.14. The molecule has 1 saturated carbocycles. The number of ether oxygens (including phenoxy) is 1. The molecule has 4 heteroatoms. The van der Waals surface area contributed by atoms with E-state index in [0.717, 1.165) is 18.9 Å². The predicted octanol–water partition coefficient (Wildman–Crippen LogP) is 2.82. The van der Waals surface area contributed by atoms with Gasteiger partial charge in [0.25, 0.3) is 0 Å². The van der Waals surface area contributed by atoms with Gasteiger partial charge >= 0.3 is 5.97 Å². The normalized spacial score (nSPS) is 27.2. The van der Waals surface area contributed by atoms with Crippen molar-refractivity contribution in [3.05, 3.63) is 0 Å². The van der Waals surface area contributed by atoms with E-state index in [2.05, 4.69) is 31.1 Å². The highest BCUT2D eigenvalue weighted by molar-refractivity contribution is 5.80. The first-order valence-electron chi connectivity index (χ1n) is 8.39. The smallest absolute Gasteiger partial charge is 0.325 e. The van der Waals surface area contributed by atoms with Crippen molar-refractivity contribution in [3.63, 3.8) is 0 Å². The van der Waals surface area contributed by atoms with Crippen molar-refractivity contribution in [2.75, 3.05) is 20.7 Å². The molecule has 0 radical (unpaired) electrons. The zero-order valence-electron chi connectivity index (χ0n) is 14.7. The molecular formula is C17H34N2O2. The summed E-state index contributed by atoms with van der Waals surface area (Å²) in [7, 11) is 3.67. The van der Waals surface area contributed by atoms with Crippen LogP contribution in [0, 0.1) is 5.92 Å². The largest absolute Gasteiger partial charge is 0.468 e. The topological polar surface area (TPSA) is 41.6 Å². The Hall–Kier alpha value is -0.610. The standard InChI is InChI=1S/C17H34N2O2/c1-7-18-17(4,16(20)21-6)12-14(3)19(5)15-10-8-13(2)9-11-15/h13-15,18H,7-12H2,1-6H3. The van der Waals surface area contributed by atoms with Crippen LogP contribution >= 0.6 is 0 Å². The third kappa shape index (κ3) is 4.96. The predicted molar refractivity (Wildman–Crippen MR) is 87.4 cm³/mol. The van der Waals surface area contributed by atoms with Gasteiger partial charge in [-0.3, -0.25) is 4.79 Å².